The SMILES string of the molecule is S=C(Nc1ccc(Br)cc1)N(Cc1ccco1)Cc1cccs1. The number of hydrogen-bond acceptors (Lipinski definition) is 3. The standard InChI is InChI=1S/C17H15BrN2OS2/c18-13-5-7-14(8-6-13)19-17(22)20(11-15-3-1-9-21-15)12-16-4-2-10-23-16/h1-10H,11-12H2,(H,19,22). The van der Waals surface area contributed by atoms with Crippen LogP contribution < -0.4 is 5.32 Å². The van der Waals surface area contributed by atoms with Crippen molar-refractivity contribution in [2.45, 2.75) is 13.1 Å². The van der Waals surface area contributed by atoms with Crippen LogP contribution in [0.2, 0.25) is 0 Å². The molecule has 0 aliphatic rings. The maximum absolute atomic E-state index is 5.60. The molecule has 0 saturated carbocycles. The Bertz CT molecular complexity index is 703. The zero-order valence-corrected chi connectivity index (χ0v) is 15.5. The fraction of sp³-hybridized carbons (Fsp3) is 0.118. The molecule has 1 aromatic carbocycles. The molecule has 3 rings (SSSR count). The highest BCUT2D eigenvalue weighted by molar-refractivity contribution is 9.10. The third kappa shape index (κ3) is 4.67. The van der Waals surface area contributed by atoms with Crippen molar-refractivity contribution in [2.24, 2.45) is 0 Å². The zero-order chi connectivity index (χ0) is 16.1. The quantitative estimate of drug-likeness (QED) is 0.565. The third-order valence-electron chi connectivity index (χ3n) is 3.24. The van der Waals surface area contributed by atoms with Gasteiger partial charge in [0.1, 0.15) is 5.76 Å². The molecular formula is C17H15BrN2OS2. The lowest BCUT2D eigenvalue weighted by molar-refractivity contribution is 0.362. The van der Waals surface area contributed by atoms with Crippen LogP contribution in [0.3, 0.4) is 0 Å². The van der Waals surface area contributed by atoms with Crippen LogP contribution in [0.25, 0.3) is 0 Å². The van der Waals surface area contributed by atoms with Crippen LogP contribution in [0.5, 0.6) is 0 Å². The second kappa shape index (κ2) is 7.77. The molecule has 0 saturated heterocycles. The van der Waals surface area contributed by atoms with Gasteiger partial charge in [-0.15, -0.1) is 11.3 Å². The molecule has 3 nitrogen and oxygen atoms in total. The number of halogens is 1. The number of anilines is 1. The molecule has 1 N–H and O–H groups in total. The van der Waals surface area contributed by atoms with E-state index in [-0.39, 0.29) is 0 Å². The molecule has 0 amide bonds. The molecule has 0 bridgehead atoms. The molecule has 2 aromatic heterocycles. The number of rotatable bonds is 5. The van der Waals surface area contributed by atoms with Gasteiger partial charge in [0.05, 0.1) is 19.4 Å². The molecule has 0 aliphatic heterocycles. The molecule has 0 aliphatic carbocycles. The topological polar surface area (TPSA) is 28.4 Å². The van der Waals surface area contributed by atoms with Crippen LogP contribution >= 0.6 is 39.5 Å². The average Bonchev–Trinajstić information content (AvgIpc) is 3.22. The summed E-state index contributed by atoms with van der Waals surface area (Å²) in [6.45, 7) is 1.38. The predicted octanol–water partition coefficient (Wildman–Crippen LogP) is 5.50. The van der Waals surface area contributed by atoms with Crippen LogP contribution in [0, 0.1) is 0 Å². The Kier molecular flexibility index (Phi) is 5.48. The van der Waals surface area contributed by atoms with Gasteiger partial charge in [-0.1, -0.05) is 22.0 Å². The molecule has 6 heteroatoms. The van der Waals surface area contributed by atoms with Gasteiger partial charge in [0.25, 0.3) is 0 Å². The Labute approximate surface area is 153 Å². The molecule has 2 heterocycles. The van der Waals surface area contributed by atoms with E-state index in [1.165, 1.54) is 4.88 Å². The number of thiophene rings is 1. The summed E-state index contributed by atoms with van der Waals surface area (Å²) in [5.74, 6) is 0.890. The zero-order valence-electron chi connectivity index (χ0n) is 12.2. The first kappa shape index (κ1) is 16.2. The van der Waals surface area contributed by atoms with E-state index in [0.717, 1.165) is 22.5 Å². The lowest BCUT2D eigenvalue weighted by Crippen LogP contribution is -2.33. The van der Waals surface area contributed by atoms with E-state index in [4.69, 9.17) is 16.6 Å². The van der Waals surface area contributed by atoms with Gasteiger partial charge in [0.2, 0.25) is 0 Å². The van der Waals surface area contributed by atoms with E-state index in [0.29, 0.717) is 11.7 Å². The molecule has 0 atom stereocenters. The Balaban J connectivity index is 1.73. The summed E-state index contributed by atoms with van der Waals surface area (Å²) in [7, 11) is 0. The summed E-state index contributed by atoms with van der Waals surface area (Å²) in [5, 5.41) is 6.05. The lowest BCUT2D eigenvalue weighted by atomic mass is 10.3. The van der Waals surface area contributed by atoms with Crippen molar-refractivity contribution >= 4 is 50.3 Å². The molecular weight excluding hydrogens is 392 g/mol. The van der Waals surface area contributed by atoms with Crippen LogP contribution in [0.15, 0.2) is 69.1 Å². The van der Waals surface area contributed by atoms with Crippen LogP contribution in [-0.2, 0) is 13.1 Å². The van der Waals surface area contributed by atoms with Gasteiger partial charge in [-0.05, 0) is 60.1 Å². The molecule has 118 valence electrons. The maximum atomic E-state index is 5.60. The summed E-state index contributed by atoms with van der Waals surface area (Å²) < 4.78 is 6.51. The van der Waals surface area contributed by atoms with Crippen molar-refractivity contribution in [3.05, 3.63) is 75.3 Å². The van der Waals surface area contributed by atoms with E-state index in [1.54, 1.807) is 17.6 Å². The van der Waals surface area contributed by atoms with Crippen molar-refractivity contribution in [1.29, 1.82) is 0 Å². The highest BCUT2D eigenvalue weighted by atomic mass is 79.9. The van der Waals surface area contributed by atoms with Crippen LogP contribution in [0.1, 0.15) is 10.6 Å². The summed E-state index contributed by atoms with van der Waals surface area (Å²) in [4.78, 5) is 3.36. The highest BCUT2D eigenvalue weighted by Crippen LogP contribution is 2.18. The minimum Gasteiger partial charge on any atom is -0.467 e. The predicted molar refractivity (Wildman–Crippen MR) is 103 cm³/mol. The van der Waals surface area contributed by atoms with Crippen molar-refractivity contribution in [3.8, 4) is 0 Å². The van der Waals surface area contributed by atoms with E-state index >= 15 is 0 Å². The van der Waals surface area contributed by atoms with Crippen LogP contribution in [-0.4, -0.2) is 10.0 Å². The molecule has 0 spiro atoms. The van der Waals surface area contributed by atoms with Crippen molar-refractivity contribution in [1.82, 2.24) is 4.90 Å². The van der Waals surface area contributed by atoms with E-state index in [1.807, 2.05) is 36.4 Å². The van der Waals surface area contributed by atoms with E-state index in [2.05, 4.69) is 43.7 Å². The van der Waals surface area contributed by atoms with Gasteiger partial charge in [-0.25, -0.2) is 0 Å². The molecule has 0 fully saturated rings. The largest absolute Gasteiger partial charge is 0.467 e. The average molecular weight is 407 g/mol. The van der Waals surface area contributed by atoms with E-state index in [9.17, 15) is 0 Å². The first-order valence-corrected chi connectivity index (χ1v) is 9.15. The first-order valence-electron chi connectivity index (χ1n) is 7.07. The van der Waals surface area contributed by atoms with Gasteiger partial charge in [0.15, 0.2) is 5.11 Å². The summed E-state index contributed by atoms with van der Waals surface area (Å²) in [6, 6.07) is 16.0. The summed E-state index contributed by atoms with van der Waals surface area (Å²) >= 11 is 10.8. The minimum atomic E-state index is 0.632. The molecule has 0 radical (unpaired) electrons. The lowest BCUT2D eigenvalue weighted by Gasteiger charge is -2.24. The number of thiocarbonyl (C=S) groups is 1. The Morgan fingerprint density at radius 3 is 2.61 bits per heavy atom. The summed E-state index contributed by atoms with van der Waals surface area (Å²) in [6.07, 6.45) is 1.68. The first-order chi connectivity index (χ1) is 11.2. The monoisotopic (exact) mass is 406 g/mol. The smallest absolute Gasteiger partial charge is 0.174 e. The summed E-state index contributed by atoms with van der Waals surface area (Å²) in [5.41, 5.74) is 0.967. The third-order valence-corrected chi connectivity index (χ3v) is 4.99. The fourth-order valence-electron chi connectivity index (χ4n) is 2.12. The second-order valence-corrected chi connectivity index (χ2v) is 7.29. The number of nitrogens with one attached hydrogen (secondary N) is 1. The Morgan fingerprint density at radius 1 is 1.13 bits per heavy atom. The maximum Gasteiger partial charge on any atom is 0.174 e. The fourth-order valence-corrected chi connectivity index (χ4v) is 3.35. The van der Waals surface area contributed by atoms with Gasteiger partial charge in [-0.3, -0.25) is 0 Å². The second-order valence-electron chi connectivity index (χ2n) is 4.95. The van der Waals surface area contributed by atoms with Gasteiger partial charge in [0, 0.05) is 15.0 Å². The molecule has 23 heavy (non-hydrogen) atoms. The minimum absolute atomic E-state index is 0.632. The number of hydrogen-bond donors (Lipinski definition) is 1. The van der Waals surface area contributed by atoms with Crippen molar-refractivity contribution in [2.75, 3.05) is 5.32 Å². The molecule has 0 unspecified atom stereocenters. The Hall–Kier alpha value is -1.63. The highest BCUT2D eigenvalue weighted by Gasteiger charge is 2.13. The number of furan rings is 1. The van der Waals surface area contributed by atoms with Gasteiger partial charge < -0.3 is 14.6 Å². The van der Waals surface area contributed by atoms with Crippen molar-refractivity contribution in [3.63, 3.8) is 0 Å². The number of nitrogens with zero attached hydrogens (tertiary/aromatic N) is 1. The Morgan fingerprint density at radius 2 is 1.96 bits per heavy atom. The van der Waals surface area contributed by atoms with Gasteiger partial charge >= 0.3 is 0 Å². The van der Waals surface area contributed by atoms with E-state index < -0.39 is 0 Å². The molecule has 3 aromatic rings. The van der Waals surface area contributed by atoms with Crippen LogP contribution in [0.4, 0.5) is 5.69 Å². The van der Waals surface area contributed by atoms with Gasteiger partial charge in [-0.2, -0.15) is 0 Å². The number of benzene rings is 1. The normalized spacial score (nSPS) is 10.5. The van der Waals surface area contributed by atoms with Crippen molar-refractivity contribution < 1.29 is 4.42 Å².